The van der Waals surface area contributed by atoms with Gasteiger partial charge in [-0.3, -0.25) is 4.99 Å². The smallest absolute Gasteiger partial charge is 0.191 e. The maximum Gasteiger partial charge on any atom is 0.191 e. The predicted octanol–water partition coefficient (Wildman–Crippen LogP) is 3.09. The number of nitrogens with one attached hydrogen (secondary N) is 2. The summed E-state index contributed by atoms with van der Waals surface area (Å²) in [6, 6.07) is 15.5. The van der Waals surface area contributed by atoms with Crippen LogP contribution in [0, 0.1) is 0 Å². The second-order valence-electron chi connectivity index (χ2n) is 7.77. The summed E-state index contributed by atoms with van der Waals surface area (Å²) in [5, 5.41) is 6.90. The maximum absolute atomic E-state index is 11.6. The quantitative estimate of drug-likeness (QED) is 0.302. The fourth-order valence-electron chi connectivity index (χ4n) is 3.82. The summed E-state index contributed by atoms with van der Waals surface area (Å²) in [5.74, 6) is 1.67. The zero-order chi connectivity index (χ0) is 22.3. The molecule has 0 saturated carbocycles. The van der Waals surface area contributed by atoms with Gasteiger partial charge in [0.25, 0.3) is 0 Å². The Kier molecular flexibility index (Phi) is 10.1. The largest absolute Gasteiger partial charge is 0.495 e. The number of methoxy groups -OCH3 is 1. The molecule has 2 N–H and O–H groups in total. The van der Waals surface area contributed by atoms with Crippen molar-refractivity contribution in [1.29, 1.82) is 0 Å². The van der Waals surface area contributed by atoms with Crippen molar-refractivity contribution in [1.82, 2.24) is 10.6 Å². The third-order valence-electron chi connectivity index (χ3n) is 5.47. The number of aliphatic imine (C=N–C) groups is 1. The highest BCUT2D eigenvalue weighted by Gasteiger charge is 2.22. The first kappa shape index (κ1) is 26.2. The molecule has 3 rings (SSSR count). The van der Waals surface area contributed by atoms with Gasteiger partial charge in [-0.05, 0) is 49.1 Å². The molecule has 2 aromatic carbocycles. The van der Waals surface area contributed by atoms with Gasteiger partial charge >= 0.3 is 0 Å². The van der Waals surface area contributed by atoms with Crippen molar-refractivity contribution in [3.05, 3.63) is 54.1 Å². The van der Waals surface area contributed by atoms with E-state index in [0.29, 0.717) is 17.5 Å². The van der Waals surface area contributed by atoms with Crippen molar-refractivity contribution >= 4 is 45.5 Å². The Labute approximate surface area is 208 Å². The molecular formula is C23H33IN4O3S. The molecule has 0 spiro atoms. The van der Waals surface area contributed by atoms with Gasteiger partial charge in [0.2, 0.25) is 0 Å². The zero-order valence-corrected chi connectivity index (χ0v) is 22.0. The Balaban J connectivity index is 0.00000363. The molecule has 1 unspecified atom stereocenters. The van der Waals surface area contributed by atoms with Crippen LogP contribution in [-0.4, -0.2) is 60.5 Å². The third kappa shape index (κ3) is 7.26. The average Bonchev–Trinajstić information content (AvgIpc) is 2.78. The average molecular weight is 573 g/mol. The standard InChI is InChI=1S/C23H32N4O3S.HI/c1-24-23(25-15-14-18-10-12-20(13-11-18)31(3,28)29)26-19-7-6-16-27(17-19)21-8-4-5-9-22(21)30-2;/h4-5,8-13,19H,6-7,14-17H2,1-3H3,(H2,24,25,26);1H. The normalized spacial score (nSPS) is 16.8. The van der Waals surface area contributed by atoms with E-state index in [-0.39, 0.29) is 24.0 Å². The molecule has 1 fully saturated rings. The number of anilines is 1. The van der Waals surface area contributed by atoms with E-state index in [9.17, 15) is 8.42 Å². The van der Waals surface area contributed by atoms with Crippen LogP contribution >= 0.6 is 24.0 Å². The van der Waals surface area contributed by atoms with Crippen molar-refractivity contribution in [2.75, 3.05) is 44.9 Å². The molecule has 2 aromatic rings. The van der Waals surface area contributed by atoms with Crippen molar-refractivity contribution in [2.24, 2.45) is 4.99 Å². The van der Waals surface area contributed by atoms with Gasteiger partial charge in [0.1, 0.15) is 5.75 Å². The maximum atomic E-state index is 11.6. The molecule has 32 heavy (non-hydrogen) atoms. The van der Waals surface area contributed by atoms with E-state index in [1.165, 1.54) is 6.26 Å². The third-order valence-corrected chi connectivity index (χ3v) is 6.60. The van der Waals surface area contributed by atoms with Gasteiger partial charge in [0, 0.05) is 39.0 Å². The SMILES string of the molecule is CN=C(NCCc1ccc(S(C)(=O)=O)cc1)NC1CCCN(c2ccccc2OC)C1.I. The van der Waals surface area contributed by atoms with Gasteiger partial charge in [-0.1, -0.05) is 24.3 Å². The summed E-state index contributed by atoms with van der Waals surface area (Å²) < 4.78 is 28.7. The summed E-state index contributed by atoms with van der Waals surface area (Å²) in [6.45, 7) is 2.60. The minimum absolute atomic E-state index is 0. The minimum atomic E-state index is -3.16. The molecule has 7 nitrogen and oxygen atoms in total. The number of sulfone groups is 1. The van der Waals surface area contributed by atoms with Crippen LogP contribution in [0.2, 0.25) is 0 Å². The van der Waals surface area contributed by atoms with Crippen LogP contribution in [0.15, 0.2) is 58.4 Å². The first-order chi connectivity index (χ1) is 14.9. The monoisotopic (exact) mass is 572 g/mol. The minimum Gasteiger partial charge on any atom is -0.495 e. The van der Waals surface area contributed by atoms with Gasteiger partial charge < -0.3 is 20.3 Å². The van der Waals surface area contributed by atoms with E-state index >= 15 is 0 Å². The first-order valence-electron chi connectivity index (χ1n) is 10.5. The summed E-state index contributed by atoms with van der Waals surface area (Å²) in [7, 11) is 0.323. The van der Waals surface area contributed by atoms with Crippen LogP contribution in [0.1, 0.15) is 18.4 Å². The van der Waals surface area contributed by atoms with E-state index in [2.05, 4.69) is 26.6 Å². The van der Waals surface area contributed by atoms with Crippen LogP contribution in [0.25, 0.3) is 0 Å². The molecule has 1 aliphatic heterocycles. The highest BCUT2D eigenvalue weighted by Crippen LogP contribution is 2.29. The molecule has 1 aliphatic rings. The number of hydrogen-bond donors (Lipinski definition) is 2. The van der Waals surface area contributed by atoms with Crippen LogP contribution in [0.5, 0.6) is 5.75 Å². The Bertz CT molecular complexity index is 997. The van der Waals surface area contributed by atoms with Crippen molar-refractivity contribution in [3.63, 3.8) is 0 Å². The lowest BCUT2D eigenvalue weighted by Gasteiger charge is -2.36. The highest BCUT2D eigenvalue weighted by molar-refractivity contribution is 14.0. The highest BCUT2D eigenvalue weighted by atomic mass is 127. The zero-order valence-electron chi connectivity index (χ0n) is 18.9. The van der Waals surface area contributed by atoms with Crippen LogP contribution in [-0.2, 0) is 16.3 Å². The number of piperidine rings is 1. The lowest BCUT2D eigenvalue weighted by atomic mass is 10.0. The number of guanidine groups is 1. The molecule has 176 valence electrons. The molecule has 1 saturated heterocycles. The van der Waals surface area contributed by atoms with Gasteiger partial charge in [-0.2, -0.15) is 0 Å². The van der Waals surface area contributed by atoms with Gasteiger partial charge in [0.05, 0.1) is 17.7 Å². The van der Waals surface area contributed by atoms with Gasteiger partial charge in [-0.25, -0.2) is 8.42 Å². The lowest BCUT2D eigenvalue weighted by Crippen LogP contribution is -2.51. The molecule has 9 heteroatoms. The second-order valence-corrected chi connectivity index (χ2v) is 9.78. The summed E-state index contributed by atoms with van der Waals surface area (Å²) in [4.78, 5) is 7.07. The van der Waals surface area contributed by atoms with Crippen molar-refractivity contribution < 1.29 is 13.2 Å². The fourth-order valence-corrected chi connectivity index (χ4v) is 4.45. The molecular weight excluding hydrogens is 539 g/mol. The molecule has 0 bridgehead atoms. The Morgan fingerprint density at radius 2 is 1.91 bits per heavy atom. The number of halogens is 1. The predicted molar refractivity (Wildman–Crippen MR) is 141 cm³/mol. The molecule has 0 aliphatic carbocycles. The van der Waals surface area contributed by atoms with E-state index < -0.39 is 9.84 Å². The summed E-state index contributed by atoms with van der Waals surface area (Å²) >= 11 is 0. The Morgan fingerprint density at radius 3 is 2.56 bits per heavy atom. The molecule has 0 amide bonds. The van der Waals surface area contributed by atoms with Gasteiger partial charge in [0.15, 0.2) is 15.8 Å². The lowest BCUT2D eigenvalue weighted by molar-refractivity contribution is 0.408. The number of nitrogens with zero attached hydrogens (tertiary/aromatic N) is 2. The number of benzene rings is 2. The number of para-hydroxylation sites is 2. The van der Waals surface area contributed by atoms with E-state index in [0.717, 1.165) is 55.3 Å². The molecule has 0 radical (unpaired) electrons. The number of ether oxygens (including phenoxy) is 1. The van der Waals surface area contributed by atoms with Crippen LogP contribution in [0.4, 0.5) is 5.69 Å². The molecule has 1 atom stereocenters. The molecule has 0 aromatic heterocycles. The fraction of sp³-hybridized carbons (Fsp3) is 0.435. The van der Waals surface area contributed by atoms with Crippen LogP contribution < -0.4 is 20.3 Å². The molecule has 1 heterocycles. The van der Waals surface area contributed by atoms with Crippen LogP contribution in [0.3, 0.4) is 0 Å². The van der Waals surface area contributed by atoms with Crippen molar-refractivity contribution in [2.45, 2.75) is 30.2 Å². The topological polar surface area (TPSA) is 83.0 Å². The number of hydrogen-bond acceptors (Lipinski definition) is 5. The van der Waals surface area contributed by atoms with E-state index in [4.69, 9.17) is 4.74 Å². The number of rotatable bonds is 7. The van der Waals surface area contributed by atoms with Gasteiger partial charge in [-0.15, -0.1) is 24.0 Å². The first-order valence-corrected chi connectivity index (χ1v) is 12.4. The summed E-state index contributed by atoms with van der Waals surface area (Å²) in [6.07, 6.45) is 4.18. The van der Waals surface area contributed by atoms with E-state index in [1.807, 2.05) is 30.3 Å². The Morgan fingerprint density at radius 1 is 1.19 bits per heavy atom. The second kappa shape index (κ2) is 12.3. The van der Waals surface area contributed by atoms with E-state index in [1.54, 1.807) is 26.3 Å². The van der Waals surface area contributed by atoms with Crippen molar-refractivity contribution in [3.8, 4) is 5.75 Å². The Hall–Kier alpha value is -2.01. The summed E-state index contributed by atoms with van der Waals surface area (Å²) in [5.41, 5.74) is 2.20.